The number of carbonyl (C=O) groups excluding carboxylic acids is 1. The van der Waals surface area contributed by atoms with Gasteiger partial charge in [-0.05, 0) is 38.1 Å². The number of anilines is 1. The molecule has 0 aliphatic carbocycles. The van der Waals surface area contributed by atoms with E-state index < -0.39 is 12.0 Å². The van der Waals surface area contributed by atoms with Crippen molar-refractivity contribution in [1.29, 1.82) is 0 Å². The SMILES string of the molecule is CC1(C(=O)Nc2ccc(OC(F)F)c(Cl)c2)CCNC1. The molecular weight excluding hydrogens is 290 g/mol. The number of benzene rings is 1. The molecule has 1 fully saturated rings. The molecule has 2 rings (SSSR count). The van der Waals surface area contributed by atoms with E-state index in [4.69, 9.17) is 11.6 Å². The zero-order valence-corrected chi connectivity index (χ0v) is 11.6. The van der Waals surface area contributed by atoms with E-state index in [-0.39, 0.29) is 16.7 Å². The van der Waals surface area contributed by atoms with Crippen molar-refractivity contribution >= 4 is 23.2 Å². The highest BCUT2D eigenvalue weighted by Crippen LogP contribution is 2.31. The number of carbonyl (C=O) groups is 1. The van der Waals surface area contributed by atoms with Gasteiger partial charge in [0.25, 0.3) is 0 Å². The molecular formula is C13H15ClF2N2O2. The molecule has 1 amide bonds. The van der Waals surface area contributed by atoms with E-state index in [2.05, 4.69) is 15.4 Å². The quantitative estimate of drug-likeness (QED) is 0.899. The minimum absolute atomic E-state index is 0.0257. The zero-order valence-electron chi connectivity index (χ0n) is 10.9. The lowest BCUT2D eigenvalue weighted by Gasteiger charge is -2.21. The van der Waals surface area contributed by atoms with Gasteiger partial charge in [0.05, 0.1) is 10.4 Å². The summed E-state index contributed by atoms with van der Waals surface area (Å²) in [6, 6.07) is 4.18. The van der Waals surface area contributed by atoms with Crippen LogP contribution in [0.5, 0.6) is 5.75 Å². The summed E-state index contributed by atoms with van der Waals surface area (Å²) in [5.41, 5.74) is -0.0142. The second-order valence-electron chi connectivity index (χ2n) is 4.97. The average Bonchev–Trinajstić information content (AvgIpc) is 2.81. The van der Waals surface area contributed by atoms with Crippen molar-refractivity contribution in [2.45, 2.75) is 20.0 Å². The molecule has 1 aliphatic rings. The molecule has 1 heterocycles. The van der Waals surface area contributed by atoms with Crippen LogP contribution in [-0.2, 0) is 4.79 Å². The largest absolute Gasteiger partial charge is 0.433 e. The van der Waals surface area contributed by atoms with Crippen LogP contribution in [-0.4, -0.2) is 25.6 Å². The first-order valence-electron chi connectivity index (χ1n) is 6.17. The summed E-state index contributed by atoms with van der Waals surface area (Å²) < 4.78 is 28.5. The van der Waals surface area contributed by atoms with Crippen LogP contribution in [0.15, 0.2) is 18.2 Å². The molecule has 0 radical (unpaired) electrons. The highest BCUT2D eigenvalue weighted by Gasteiger charge is 2.36. The maximum absolute atomic E-state index is 12.2. The Balaban J connectivity index is 2.06. The summed E-state index contributed by atoms with van der Waals surface area (Å²) in [5, 5.41) is 5.90. The topological polar surface area (TPSA) is 50.4 Å². The number of ether oxygens (including phenoxy) is 1. The van der Waals surface area contributed by atoms with Gasteiger partial charge in [0.15, 0.2) is 0 Å². The number of hydrogen-bond acceptors (Lipinski definition) is 3. The predicted octanol–water partition coefficient (Wildman–Crippen LogP) is 2.88. The Hall–Kier alpha value is -1.40. The molecule has 20 heavy (non-hydrogen) atoms. The van der Waals surface area contributed by atoms with Crippen molar-refractivity contribution < 1.29 is 18.3 Å². The van der Waals surface area contributed by atoms with Gasteiger partial charge >= 0.3 is 6.61 Å². The number of rotatable bonds is 4. The van der Waals surface area contributed by atoms with E-state index in [9.17, 15) is 13.6 Å². The third kappa shape index (κ3) is 3.37. The van der Waals surface area contributed by atoms with Crippen molar-refractivity contribution in [3.05, 3.63) is 23.2 Å². The summed E-state index contributed by atoms with van der Waals surface area (Å²) in [6.45, 7) is 0.347. The molecule has 0 aromatic heterocycles. The highest BCUT2D eigenvalue weighted by atomic mass is 35.5. The number of halogens is 3. The van der Waals surface area contributed by atoms with Crippen LogP contribution < -0.4 is 15.4 Å². The van der Waals surface area contributed by atoms with Gasteiger partial charge < -0.3 is 15.4 Å². The van der Waals surface area contributed by atoms with Crippen molar-refractivity contribution in [1.82, 2.24) is 5.32 Å². The van der Waals surface area contributed by atoms with E-state index in [1.165, 1.54) is 18.2 Å². The molecule has 4 nitrogen and oxygen atoms in total. The van der Waals surface area contributed by atoms with E-state index >= 15 is 0 Å². The maximum atomic E-state index is 12.2. The first-order chi connectivity index (χ1) is 9.40. The first kappa shape index (κ1) is 15.0. The van der Waals surface area contributed by atoms with Crippen LogP contribution >= 0.6 is 11.6 Å². The van der Waals surface area contributed by atoms with Crippen LogP contribution in [0.4, 0.5) is 14.5 Å². The minimum Gasteiger partial charge on any atom is -0.433 e. The van der Waals surface area contributed by atoms with Crippen molar-refractivity contribution in [2.24, 2.45) is 5.41 Å². The molecule has 1 unspecified atom stereocenters. The molecule has 0 spiro atoms. The van der Waals surface area contributed by atoms with E-state index in [1.54, 1.807) is 0 Å². The first-order valence-corrected chi connectivity index (χ1v) is 6.55. The minimum atomic E-state index is -2.93. The lowest BCUT2D eigenvalue weighted by atomic mass is 9.89. The van der Waals surface area contributed by atoms with Crippen molar-refractivity contribution in [3.8, 4) is 5.75 Å². The fourth-order valence-electron chi connectivity index (χ4n) is 2.06. The Morgan fingerprint density at radius 2 is 2.30 bits per heavy atom. The number of alkyl halides is 2. The molecule has 1 aromatic carbocycles. The van der Waals surface area contributed by atoms with Gasteiger partial charge in [-0.2, -0.15) is 8.78 Å². The van der Waals surface area contributed by atoms with E-state index in [0.717, 1.165) is 13.0 Å². The van der Waals surface area contributed by atoms with Crippen LogP contribution in [0, 0.1) is 5.41 Å². The Morgan fingerprint density at radius 1 is 1.55 bits per heavy atom. The fourth-order valence-corrected chi connectivity index (χ4v) is 2.29. The number of amides is 1. The van der Waals surface area contributed by atoms with Gasteiger partial charge in [-0.3, -0.25) is 4.79 Å². The van der Waals surface area contributed by atoms with E-state index in [0.29, 0.717) is 12.2 Å². The third-order valence-electron chi connectivity index (χ3n) is 3.32. The molecule has 1 saturated heterocycles. The van der Waals surface area contributed by atoms with Crippen LogP contribution in [0.1, 0.15) is 13.3 Å². The Kier molecular flexibility index (Phi) is 4.45. The lowest BCUT2D eigenvalue weighted by molar-refractivity contribution is -0.123. The predicted molar refractivity (Wildman–Crippen MR) is 72.3 cm³/mol. The second kappa shape index (κ2) is 5.93. The fraction of sp³-hybridized carbons (Fsp3) is 0.462. The second-order valence-corrected chi connectivity index (χ2v) is 5.37. The van der Waals surface area contributed by atoms with E-state index in [1.807, 2.05) is 6.92 Å². The molecule has 1 atom stereocenters. The van der Waals surface area contributed by atoms with Crippen LogP contribution in [0.3, 0.4) is 0 Å². The Labute approximate surface area is 120 Å². The molecule has 0 bridgehead atoms. The molecule has 0 saturated carbocycles. The molecule has 1 aromatic rings. The summed E-state index contributed by atoms with van der Waals surface area (Å²) in [5.74, 6) is -0.241. The van der Waals surface area contributed by atoms with Crippen LogP contribution in [0.2, 0.25) is 5.02 Å². The smallest absolute Gasteiger partial charge is 0.387 e. The Bertz CT molecular complexity index is 505. The van der Waals surface area contributed by atoms with Crippen molar-refractivity contribution in [3.63, 3.8) is 0 Å². The number of nitrogens with one attached hydrogen (secondary N) is 2. The summed E-state index contributed by atoms with van der Waals surface area (Å²) in [7, 11) is 0. The standard InChI is InChI=1S/C13H15ClF2N2O2/c1-13(4-5-17-7-13)11(19)18-8-2-3-10(9(14)6-8)20-12(15)16/h2-3,6,12,17H,4-5,7H2,1H3,(H,18,19). The van der Waals surface area contributed by atoms with Gasteiger partial charge in [-0.15, -0.1) is 0 Å². The van der Waals surface area contributed by atoms with Gasteiger partial charge in [0.2, 0.25) is 5.91 Å². The van der Waals surface area contributed by atoms with Gasteiger partial charge in [-0.1, -0.05) is 11.6 Å². The summed E-state index contributed by atoms with van der Waals surface area (Å²) in [4.78, 5) is 12.2. The third-order valence-corrected chi connectivity index (χ3v) is 3.62. The van der Waals surface area contributed by atoms with Gasteiger partial charge in [0, 0.05) is 12.2 Å². The lowest BCUT2D eigenvalue weighted by Crippen LogP contribution is -2.35. The van der Waals surface area contributed by atoms with Crippen molar-refractivity contribution in [2.75, 3.05) is 18.4 Å². The average molecular weight is 305 g/mol. The summed E-state index contributed by atoms with van der Waals surface area (Å²) in [6.07, 6.45) is 0.749. The molecule has 1 aliphatic heterocycles. The Morgan fingerprint density at radius 3 is 2.85 bits per heavy atom. The normalized spacial score (nSPS) is 22.1. The zero-order chi connectivity index (χ0) is 14.8. The maximum Gasteiger partial charge on any atom is 0.387 e. The molecule has 7 heteroatoms. The van der Waals surface area contributed by atoms with Crippen LogP contribution in [0.25, 0.3) is 0 Å². The monoisotopic (exact) mass is 304 g/mol. The van der Waals surface area contributed by atoms with Gasteiger partial charge in [0.1, 0.15) is 5.75 Å². The summed E-state index contributed by atoms with van der Waals surface area (Å²) >= 11 is 5.83. The molecule has 110 valence electrons. The molecule has 2 N–H and O–H groups in total. The highest BCUT2D eigenvalue weighted by molar-refractivity contribution is 6.32. The number of hydrogen-bond donors (Lipinski definition) is 2. The van der Waals surface area contributed by atoms with Gasteiger partial charge in [-0.25, -0.2) is 0 Å².